The van der Waals surface area contributed by atoms with Crippen molar-refractivity contribution in [3.8, 4) is 0 Å². The summed E-state index contributed by atoms with van der Waals surface area (Å²) in [6.45, 7) is 2.91. The molecule has 1 aromatic rings. The van der Waals surface area contributed by atoms with E-state index < -0.39 is 5.97 Å². The van der Waals surface area contributed by atoms with E-state index in [0.717, 1.165) is 30.3 Å². The van der Waals surface area contributed by atoms with Crippen LogP contribution < -0.4 is 0 Å². The number of benzene rings is 1. The summed E-state index contributed by atoms with van der Waals surface area (Å²) in [5, 5.41) is 8.88. The van der Waals surface area contributed by atoms with Gasteiger partial charge in [-0.3, -0.25) is 9.69 Å². The minimum Gasteiger partial charge on any atom is -0.481 e. The molecule has 0 radical (unpaired) electrons. The second kappa shape index (κ2) is 7.36. The summed E-state index contributed by atoms with van der Waals surface area (Å²) in [4.78, 5) is 13.1. The smallest absolute Gasteiger partial charge is 0.303 e. The highest BCUT2D eigenvalue weighted by Crippen LogP contribution is 2.32. The van der Waals surface area contributed by atoms with Gasteiger partial charge >= 0.3 is 5.97 Å². The van der Waals surface area contributed by atoms with Crippen LogP contribution in [0, 0.1) is 5.82 Å². The molecule has 1 aromatic carbocycles. The number of aliphatic carboxylic acids is 1. The van der Waals surface area contributed by atoms with E-state index in [9.17, 15) is 9.18 Å². The molecule has 1 aliphatic heterocycles. The number of carboxylic acids is 1. The number of hydrogen-bond donors (Lipinski definition) is 1. The first-order valence-electron chi connectivity index (χ1n) is 7.41. The summed E-state index contributed by atoms with van der Waals surface area (Å²) in [5.41, 5.74) is 0.681. The molecule has 116 valence electrons. The van der Waals surface area contributed by atoms with Crippen LogP contribution in [0.3, 0.4) is 0 Å². The topological polar surface area (TPSA) is 40.5 Å². The summed E-state index contributed by atoms with van der Waals surface area (Å²) in [6, 6.07) is 5.35. The van der Waals surface area contributed by atoms with Crippen LogP contribution in [-0.4, -0.2) is 28.6 Å². The van der Waals surface area contributed by atoms with Crippen LogP contribution in [0.1, 0.15) is 50.6 Å². The lowest BCUT2D eigenvalue weighted by molar-refractivity contribution is -0.137. The Labute approximate surface area is 133 Å². The van der Waals surface area contributed by atoms with E-state index in [1.54, 1.807) is 0 Å². The van der Waals surface area contributed by atoms with Gasteiger partial charge in [0, 0.05) is 28.5 Å². The molecule has 2 atom stereocenters. The molecule has 0 aliphatic carbocycles. The zero-order chi connectivity index (χ0) is 15.4. The van der Waals surface area contributed by atoms with Crippen molar-refractivity contribution in [2.75, 3.05) is 6.54 Å². The Hall–Kier alpha value is -0.940. The number of nitrogens with zero attached hydrogens (tertiary/aromatic N) is 1. The molecule has 21 heavy (non-hydrogen) atoms. The zero-order valence-electron chi connectivity index (χ0n) is 12.2. The largest absolute Gasteiger partial charge is 0.481 e. The van der Waals surface area contributed by atoms with Crippen molar-refractivity contribution in [1.82, 2.24) is 4.90 Å². The Bertz CT molecular complexity index is 509. The molecule has 0 bridgehead atoms. The predicted molar refractivity (Wildman–Crippen MR) is 83.7 cm³/mol. The Morgan fingerprint density at radius 1 is 1.52 bits per heavy atom. The maximum Gasteiger partial charge on any atom is 0.303 e. The third kappa shape index (κ3) is 4.27. The number of likely N-dealkylation sites (tertiary alicyclic amines) is 1. The summed E-state index contributed by atoms with van der Waals surface area (Å²) >= 11 is 3.28. The molecule has 1 heterocycles. The molecule has 0 amide bonds. The Morgan fingerprint density at radius 3 is 2.95 bits per heavy atom. The molecule has 1 saturated heterocycles. The van der Waals surface area contributed by atoms with E-state index in [-0.39, 0.29) is 24.3 Å². The van der Waals surface area contributed by atoms with E-state index in [4.69, 9.17) is 5.11 Å². The highest BCUT2D eigenvalue weighted by Gasteiger charge is 2.28. The van der Waals surface area contributed by atoms with Crippen LogP contribution in [0.5, 0.6) is 0 Å². The third-order valence-corrected chi connectivity index (χ3v) is 4.77. The van der Waals surface area contributed by atoms with Crippen LogP contribution in [0.2, 0.25) is 0 Å². The van der Waals surface area contributed by atoms with E-state index in [1.807, 2.05) is 19.1 Å². The predicted octanol–water partition coefficient (Wildman–Crippen LogP) is 4.37. The lowest BCUT2D eigenvalue weighted by Crippen LogP contribution is -2.41. The molecule has 1 fully saturated rings. The molecule has 0 spiro atoms. The number of carbonyl (C=O) groups is 1. The summed E-state index contributed by atoms with van der Waals surface area (Å²) < 4.78 is 14.9. The number of hydrogen-bond acceptors (Lipinski definition) is 2. The first-order chi connectivity index (χ1) is 9.99. The van der Waals surface area contributed by atoms with Gasteiger partial charge in [0.2, 0.25) is 0 Å². The fraction of sp³-hybridized carbons (Fsp3) is 0.562. The van der Waals surface area contributed by atoms with Crippen molar-refractivity contribution in [2.45, 2.75) is 51.1 Å². The van der Waals surface area contributed by atoms with Crippen molar-refractivity contribution in [2.24, 2.45) is 0 Å². The minimum atomic E-state index is -0.761. The molecular weight excluding hydrogens is 337 g/mol. The molecule has 5 heteroatoms. The van der Waals surface area contributed by atoms with Crippen LogP contribution in [0.25, 0.3) is 0 Å². The van der Waals surface area contributed by atoms with Gasteiger partial charge in [0.05, 0.1) is 0 Å². The number of piperidine rings is 1. The molecule has 2 rings (SSSR count). The first-order valence-corrected chi connectivity index (χ1v) is 8.21. The summed E-state index contributed by atoms with van der Waals surface area (Å²) in [5.74, 6) is -0.970. The Morgan fingerprint density at radius 2 is 2.29 bits per heavy atom. The maximum absolute atomic E-state index is 14.1. The van der Waals surface area contributed by atoms with E-state index in [0.29, 0.717) is 12.0 Å². The van der Waals surface area contributed by atoms with Gasteiger partial charge in [-0.05, 0) is 44.9 Å². The van der Waals surface area contributed by atoms with Crippen molar-refractivity contribution in [3.63, 3.8) is 0 Å². The first kappa shape index (κ1) is 16.4. The second-order valence-electron chi connectivity index (χ2n) is 5.66. The van der Waals surface area contributed by atoms with E-state index in [1.165, 1.54) is 6.07 Å². The van der Waals surface area contributed by atoms with Gasteiger partial charge in [0.25, 0.3) is 0 Å². The van der Waals surface area contributed by atoms with Gasteiger partial charge in [-0.25, -0.2) is 4.39 Å². The average Bonchev–Trinajstić information content (AvgIpc) is 2.45. The highest BCUT2D eigenvalue weighted by atomic mass is 79.9. The van der Waals surface area contributed by atoms with Gasteiger partial charge in [-0.1, -0.05) is 28.4 Å². The highest BCUT2D eigenvalue weighted by molar-refractivity contribution is 9.10. The molecule has 1 N–H and O–H groups in total. The SMILES string of the molecule is CC(c1ccc(Br)cc1F)N1CCCCC1CCC(=O)O. The molecule has 0 saturated carbocycles. The van der Waals surface area contributed by atoms with Crippen LogP contribution >= 0.6 is 15.9 Å². The lowest BCUT2D eigenvalue weighted by Gasteiger charge is -2.40. The van der Waals surface area contributed by atoms with Crippen LogP contribution in [0.4, 0.5) is 4.39 Å². The van der Waals surface area contributed by atoms with Crippen LogP contribution in [0.15, 0.2) is 22.7 Å². The fourth-order valence-corrected chi connectivity index (χ4v) is 3.48. The van der Waals surface area contributed by atoms with E-state index in [2.05, 4.69) is 20.8 Å². The number of halogens is 2. The summed E-state index contributed by atoms with van der Waals surface area (Å²) in [7, 11) is 0. The van der Waals surface area contributed by atoms with Gasteiger partial charge in [0.15, 0.2) is 0 Å². The standard InChI is InChI=1S/C16H21BrFNO2/c1-11(14-7-5-12(17)10-15(14)18)19-9-3-2-4-13(19)6-8-16(20)21/h5,7,10-11,13H,2-4,6,8-9H2,1H3,(H,20,21). The van der Waals surface area contributed by atoms with Crippen molar-refractivity contribution >= 4 is 21.9 Å². The zero-order valence-corrected chi connectivity index (χ0v) is 13.8. The molecule has 1 aliphatic rings. The number of carboxylic acid groups (broad SMARTS) is 1. The average molecular weight is 358 g/mol. The third-order valence-electron chi connectivity index (χ3n) is 4.27. The Balaban J connectivity index is 2.13. The van der Waals surface area contributed by atoms with E-state index >= 15 is 0 Å². The molecular formula is C16H21BrFNO2. The van der Waals surface area contributed by atoms with Gasteiger partial charge < -0.3 is 5.11 Å². The normalized spacial score (nSPS) is 21.2. The second-order valence-corrected chi connectivity index (χ2v) is 6.58. The summed E-state index contributed by atoms with van der Waals surface area (Å²) in [6.07, 6.45) is 4.02. The molecule has 2 unspecified atom stereocenters. The monoisotopic (exact) mass is 357 g/mol. The van der Waals surface area contributed by atoms with Gasteiger partial charge in [-0.2, -0.15) is 0 Å². The van der Waals surface area contributed by atoms with Crippen molar-refractivity contribution < 1.29 is 14.3 Å². The van der Waals surface area contributed by atoms with Crippen LogP contribution in [-0.2, 0) is 4.79 Å². The minimum absolute atomic E-state index is 0.0304. The molecule has 3 nitrogen and oxygen atoms in total. The van der Waals surface area contributed by atoms with Crippen molar-refractivity contribution in [1.29, 1.82) is 0 Å². The number of rotatable bonds is 5. The van der Waals surface area contributed by atoms with Crippen molar-refractivity contribution in [3.05, 3.63) is 34.1 Å². The van der Waals surface area contributed by atoms with Gasteiger partial charge in [-0.15, -0.1) is 0 Å². The quantitative estimate of drug-likeness (QED) is 0.850. The fourth-order valence-electron chi connectivity index (χ4n) is 3.15. The Kier molecular flexibility index (Phi) is 5.76. The lowest BCUT2D eigenvalue weighted by atomic mass is 9.94. The molecule has 0 aromatic heterocycles. The van der Waals surface area contributed by atoms with Gasteiger partial charge in [0.1, 0.15) is 5.82 Å². The maximum atomic E-state index is 14.1.